The van der Waals surface area contributed by atoms with Gasteiger partial charge in [0.25, 0.3) is 0 Å². The lowest BCUT2D eigenvalue weighted by Crippen LogP contribution is -2.56. The van der Waals surface area contributed by atoms with Crippen molar-refractivity contribution in [3.05, 3.63) is 65.7 Å². The van der Waals surface area contributed by atoms with E-state index < -0.39 is 29.7 Å². The SMILES string of the molecule is CC(C)N1C(=O)[C@H](NC(=O)[C@@H](Cc2ccccc2)NC(=O)OC(C)(C)C)CCc2ccccc21. The van der Waals surface area contributed by atoms with E-state index in [1.54, 1.807) is 25.7 Å². The lowest BCUT2D eigenvalue weighted by Gasteiger charge is -2.30. The average molecular weight is 466 g/mol. The molecule has 182 valence electrons. The van der Waals surface area contributed by atoms with E-state index in [0.29, 0.717) is 12.8 Å². The Kier molecular flexibility index (Phi) is 7.97. The molecule has 0 aliphatic carbocycles. The number of aryl methyl sites for hydroxylation is 1. The standard InChI is InChI=1S/C27H35N3O4/c1-18(2)30-23-14-10-9-13-20(23)15-16-21(25(30)32)28-24(31)22(17-19-11-7-6-8-12-19)29-26(33)34-27(3,4)5/h6-14,18,21-22H,15-17H2,1-5H3,(H,28,31)(H,29,33)/t21-,22-/m1/s1. The molecule has 1 aliphatic heterocycles. The molecule has 0 unspecified atom stereocenters. The van der Waals surface area contributed by atoms with Gasteiger partial charge in [-0.05, 0) is 64.7 Å². The van der Waals surface area contributed by atoms with Gasteiger partial charge in [0.2, 0.25) is 11.8 Å². The van der Waals surface area contributed by atoms with E-state index in [4.69, 9.17) is 4.74 Å². The first-order valence-electron chi connectivity index (χ1n) is 11.8. The molecule has 3 rings (SSSR count). The van der Waals surface area contributed by atoms with E-state index in [2.05, 4.69) is 10.6 Å². The van der Waals surface area contributed by atoms with Crippen molar-refractivity contribution in [1.29, 1.82) is 0 Å². The van der Waals surface area contributed by atoms with Gasteiger partial charge in [0.05, 0.1) is 0 Å². The molecule has 2 aromatic rings. The minimum atomic E-state index is -0.886. The quantitative estimate of drug-likeness (QED) is 0.675. The zero-order valence-corrected chi connectivity index (χ0v) is 20.6. The second kappa shape index (κ2) is 10.7. The highest BCUT2D eigenvalue weighted by Crippen LogP contribution is 2.28. The Morgan fingerprint density at radius 3 is 2.35 bits per heavy atom. The van der Waals surface area contributed by atoms with Crippen LogP contribution >= 0.6 is 0 Å². The van der Waals surface area contributed by atoms with E-state index in [-0.39, 0.29) is 18.4 Å². The average Bonchev–Trinajstić information content (AvgIpc) is 2.89. The van der Waals surface area contributed by atoms with Crippen LogP contribution in [0.4, 0.5) is 10.5 Å². The van der Waals surface area contributed by atoms with Gasteiger partial charge in [-0.3, -0.25) is 9.59 Å². The zero-order chi connectivity index (χ0) is 24.9. The third-order valence-electron chi connectivity index (χ3n) is 5.61. The molecule has 7 heteroatoms. The summed E-state index contributed by atoms with van der Waals surface area (Å²) in [4.78, 5) is 41.1. The number of ether oxygens (including phenoxy) is 1. The van der Waals surface area contributed by atoms with Crippen LogP contribution in [-0.2, 0) is 27.2 Å². The fourth-order valence-corrected chi connectivity index (χ4v) is 4.11. The number of anilines is 1. The van der Waals surface area contributed by atoms with Crippen LogP contribution in [0.15, 0.2) is 54.6 Å². The molecule has 0 spiro atoms. The van der Waals surface area contributed by atoms with Crippen LogP contribution in [0, 0.1) is 0 Å². The van der Waals surface area contributed by atoms with Crippen LogP contribution in [0.3, 0.4) is 0 Å². The Balaban J connectivity index is 1.80. The molecule has 0 saturated heterocycles. The summed E-state index contributed by atoms with van der Waals surface area (Å²) in [5.41, 5.74) is 2.15. The molecule has 1 heterocycles. The first kappa shape index (κ1) is 25.3. The second-order valence-corrected chi connectivity index (χ2v) is 9.92. The number of nitrogens with one attached hydrogen (secondary N) is 2. The lowest BCUT2D eigenvalue weighted by atomic mass is 10.0. The molecular formula is C27H35N3O4. The molecule has 2 aromatic carbocycles. The maximum absolute atomic E-state index is 13.5. The Morgan fingerprint density at radius 2 is 1.71 bits per heavy atom. The Bertz CT molecular complexity index is 1010. The zero-order valence-electron chi connectivity index (χ0n) is 20.6. The first-order chi connectivity index (χ1) is 16.0. The summed E-state index contributed by atoms with van der Waals surface area (Å²) in [5.74, 6) is -0.563. The molecule has 0 bridgehead atoms. The van der Waals surface area contributed by atoms with Gasteiger partial charge in [-0.25, -0.2) is 4.79 Å². The van der Waals surface area contributed by atoms with Crippen molar-refractivity contribution < 1.29 is 19.1 Å². The minimum Gasteiger partial charge on any atom is -0.444 e. The molecule has 0 aromatic heterocycles. The van der Waals surface area contributed by atoms with Crippen molar-refractivity contribution in [1.82, 2.24) is 10.6 Å². The normalized spacial score (nSPS) is 16.9. The van der Waals surface area contributed by atoms with Crippen molar-refractivity contribution in [2.45, 2.75) is 77.6 Å². The molecule has 0 saturated carbocycles. The third kappa shape index (κ3) is 6.59. The van der Waals surface area contributed by atoms with Gasteiger partial charge < -0.3 is 20.3 Å². The van der Waals surface area contributed by atoms with Crippen LogP contribution < -0.4 is 15.5 Å². The molecule has 3 amide bonds. The second-order valence-electron chi connectivity index (χ2n) is 9.92. The predicted molar refractivity (Wildman–Crippen MR) is 133 cm³/mol. The summed E-state index contributed by atoms with van der Waals surface area (Å²) in [5, 5.41) is 5.61. The number of carbonyl (C=O) groups excluding carboxylic acids is 3. The van der Waals surface area contributed by atoms with E-state index in [0.717, 1.165) is 16.8 Å². The minimum absolute atomic E-state index is 0.0637. The van der Waals surface area contributed by atoms with Crippen LogP contribution in [0.1, 0.15) is 52.2 Å². The van der Waals surface area contributed by atoms with E-state index in [9.17, 15) is 14.4 Å². The van der Waals surface area contributed by atoms with Gasteiger partial charge in [-0.2, -0.15) is 0 Å². The smallest absolute Gasteiger partial charge is 0.408 e. The van der Waals surface area contributed by atoms with Crippen LogP contribution in [-0.4, -0.2) is 41.6 Å². The summed E-state index contributed by atoms with van der Waals surface area (Å²) in [7, 11) is 0. The number of amides is 3. The fourth-order valence-electron chi connectivity index (χ4n) is 4.11. The van der Waals surface area contributed by atoms with Gasteiger partial charge in [-0.1, -0.05) is 48.5 Å². The largest absolute Gasteiger partial charge is 0.444 e. The maximum Gasteiger partial charge on any atom is 0.408 e. The summed E-state index contributed by atoms with van der Waals surface area (Å²) in [6.07, 6.45) is 0.752. The van der Waals surface area contributed by atoms with E-state index in [1.807, 2.05) is 68.4 Å². The number of carbonyl (C=O) groups is 3. The monoisotopic (exact) mass is 465 g/mol. The number of alkyl carbamates (subject to hydrolysis) is 1. The summed E-state index contributed by atoms with van der Waals surface area (Å²) >= 11 is 0. The van der Waals surface area contributed by atoms with Gasteiger partial charge in [0.1, 0.15) is 17.7 Å². The van der Waals surface area contributed by atoms with Crippen molar-refractivity contribution in [2.24, 2.45) is 0 Å². The number of benzene rings is 2. The number of hydrogen-bond donors (Lipinski definition) is 2. The number of fused-ring (bicyclic) bond motifs is 1. The number of para-hydroxylation sites is 1. The highest BCUT2D eigenvalue weighted by Gasteiger charge is 2.34. The first-order valence-corrected chi connectivity index (χ1v) is 11.8. The van der Waals surface area contributed by atoms with Crippen molar-refractivity contribution in [2.75, 3.05) is 4.90 Å². The lowest BCUT2D eigenvalue weighted by molar-refractivity contribution is -0.129. The van der Waals surface area contributed by atoms with Gasteiger partial charge in [0, 0.05) is 18.2 Å². The summed E-state index contributed by atoms with van der Waals surface area (Å²) in [6.45, 7) is 9.21. The molecule has 0 fully saturated rings. The van der Waals surface area contributed by atoms with Gasteiger partial charge in [0.15, 0.2) is 0 Å². The number of nitrogens with zero attached hydrogens (tertiary/aromatic N) is 1. The van der Waals surface area contributed by atoms with E-state index >= 15 is 0 Å². The van der Waals surface area contributed by atoms with Gasteiger partial charge >= 0.3 is 6.09 Å². The molecule has 1 aliphatic rings. The van der Waals surface area contributed by atoms with E-state index in [1.165, 1.54) is 0 Å². The van der Waals surface area contributed by atoms with Crippen molar-refractivity contribution >= 4 is 23.6 Å². The molecule has 2 N–H and O–H groups in total. The summed E-state index contributed by atoms with van der Waals surface area (Å²) in [6, 6.07) is 15.6. The topological polar surface area (TPSA) is 87.7 Å². The van der Waals surface area contributed by atoms with Crippen molar-refractivity contribution in [3.63, 3.8) is 0 Å². The molecule has 7 nitrogen and oxygen atoms in total. The number of rotatable bonds is 6. The maximum atomic E-state index is 13.5. The molecule has 34 heavy (non-hydrogen) atoms. The Labute approximate surface area is 201 Å². The fraction of sp³-hybridized carbons (Fsp3) is 0.444. The Morgan fingerprint density at radius 1 is 1.06 bits per heavy atom. The highest BCUT2D eigenvalue weighted by atomic mass is 16.6. The highest BCUT2D eigenvalue weighted by molar-refractivity contribution is 6.01. The summed E-state index contributed by atoms with van der Waals surface area (Å²) < 4.78 is 5.37. The predicted octanol–water partition coefficient (Wildman–Crippen LogP) is 4.00. The third-order valence-corrected chi connectivity index (χ3v) is 5.61. The number of hydrogen-bond acceptors (Lipinski definition) is 4. The molecular weight excluding hydrogens is 430 g/mol. The van der Waals surface area contributed by atoms with Crippen LogP contribution in [0.25, 0.3) is 0 Å². The van der Waals surface area contributed by atoms with Gasteiger partial charge in [-0.15, -0.1) is 0 Å². The van der Waals surface area contributed by atoms with Crippen molar-refractivity contribution in [3.8, 4) is 0 Å². The Hall–Kier alpha value is -3.35. The molecule has 0 radical (unpaired) electrons. The van der Waals surface area contributed by atoms with Crippen LogP contribution in [0.5, 0.6) is 0 Å². The van der Waals surface area contributed by atoms with Crippen LogP contribution in [0.2, 0.25) is 0 Å². The molecule has 2 atom stereocenters.